The van der Waals surface area contributed by atoms with Crippen LogP contribution in [0, 0.1) is 0 Å². The molecular formula is C12H8F2N4. The maximum Gasteiger partial charge on any atom is 0.282 e. The Kier molecular flexibility index (Phi) is 2.47. The molecule has 0 amide bonds. The fourth-order valence-electron chi connectivity index (χ4n) is 1.84. The Balaban J connectivity index is 2.31. The minimum atomic E-state index is -2.61. The molecule has 2 heterocycles. The molecule has 0 unspecified atom stereocenters. The lowest BCUT2D eigenvalue weighted by molar-refractivity contribution is 0.147. The molecule has 0 saturated heterocycles. The fraction of sp³-hybridized carbons (Fsp3) is 0.0833. The number of hydrogen-bond donors (Lipinski definition) is 0. The van der Waals surface area contributed by atoms with Crippen LogP contribution in [0.15, 0.2) is 42.9 Å². The van der Waals surface area contributed by atoms with E-state index in [0.29, 0.717) is 16.7 Å². The van der Waals surface area contributed by atoms with Crippen LogP contribution in [-0.4, -0.2) is 19.7 Å². The van der Waals surface area contributed by atoms with Crippen LogP contribution in [0.5, 0.6) is 0 Å². The number of aromatic nitrogens is 4. The summed E-state index contributed by atoms with van der Waals surface area (Å²) in [5.41, 5.74) is 0.371. The highest BCUT2D eigenvalue weighted by Gasteiger charge is 2.18. The number of hydrogen-bond acceptors (Lipinski definition) is 3. The molecule has 3 aromatic rings. The Morgan fingerprint density at radius 2 is 1.94 bits per heavy atom. The van der Waals surface area contributed by atoms with E-state index in [0.717, 1.165) is 0 Å². The molecule has 0 atom stereocenters. The number of rotatable bonds is 2. The molecule has 2 aromatic heterocycles. The summed E-state index contributed by atoms with van der Waals surface area (Å²) in [4.78, 5) is 7.81. The third kappa shape index (κ3) is 1.62. The van der Waals surface area contributed by atoms with E-state index in [-0.39, 0.29) is 5.69 Å². The van der Waals surface area contributed by atoms with E-state index < -0.39 is 6.43 Å². The van der Waals surface area contributed by atoms with Gasteiger partial charge < -0.3 is 0 Å². The van der Waals surface area contributed by atoms with Crippen molar-refractivity contribution < 1.29 is 8.78 Å². The Morgan fingerprint density at radius 1 is 1.11 bits per heavy atom. The van der Waals surface area contributed by atoms with E-state index in [1.165, 1.54) is 11.0 Å². The zero-order chi connectivity index (χ0) is 12.5. The molecule has 4 nitrogen and oxygen atoms in total. The maximum atomic E-state index is 12.9. The van der Waals surface area contributed by atoms with Gasteiger partial charge in [-0.3, -0.25) is 0 Å². The molecule has 0 fully saturated rings. The number of benzene rings is 1. The third-order valence-corrected chi connectivity index (χ3v) is 2.61. The molecule has 3 rings (SSSR count). The highest BCUT2D eigenvalue weighted by Crippen LogP contribution is 2.28. The molecule has 0 N–H and O–H groups in total. The van der Waals surface area contributed by atoms with Gasteiger partial charge in [-0.05, 0) is 6.07 Å². The molecule has 0 aliphatic carbocycles. The van der Waals surface area contributed by atoms with Crippen LogP contribution >= 0.6 is 0 Å². The molecule has 0 spiro atoms. The van der Waals surface area contributed by atoms with Crippen molar-refractivity contribution in [3.63, 3.8) is 0 Å². The smallest absolute Gasteiger partial charge is 0.245 e. The Hall–Kier alpha value is -2.37. The van der Waals surface area contributed by atoms with E-state index in [1.54, 1.807) is 36.5 Å². The summed E-state index contributed by atoms with van der Waals surface area (Å²) in [5.74, 6) is 0.466. The van der Waals surface area contributed by atoms with Gasteiger partial charge in [-0.15, -0.1) is 0 Å². The highest BCUT2D eigenvalue weighted by molar-refractivity contribution is 5.83. The molecule has 18 heavy (non-hydrogen) atoms. The molecule has 0 aliphatic heterocycles. The molecular weight excluding hydrogens is 238 g/mol. The van der Waals surface area contributed by atoms with Gasteiger partial charge in [0.25, 0.3) is 6.43 Å². The largest absolute Gasteiger partial charge is 0.282 e. The quantitative estimate of drug-likeness (QED) is 0.698. The first-order chi connectivity index (χ1) is 8.77. The van der Waals surface area contributed by atoms with Crippen LogP contribution in [0.2, 0.25) is 0 Å². The summed E-state index contributed by atoms with van der Waals surface area (Å²) in [6.07, 6.45) is 0.285. The Morgan fingerprint density at radius 3 is 2.67 bits per heavy atom. The first kappa shape index (κ1) is 10.8. The SMILES string of the molecule is FC(F)c1nn(-c2ccncn2)c2ccccc12. The first-order valence-corrected chi connectivity index (χ1v) is 5.29. The van der Waals surface area contributed by atoms with Crippen molar-refractivity contribution in [2.75, 3.05) is 0 Å². The lowest BCUT2D eigenvalue weighted by Crippen LogP contribution is -2.00. The van der Waals surface area contributed by atoms with Gasteiger partial charge in [0.2, 0.25) is 0 Å². The van der Waals surface area contributed by atoms with Crippen LogP contribution in [0.4, 0.5) is 8.78 Å². The summed E-state index contributed by atoms with van der Waals surface area (Å²) in [6, 6.07) is 8.46. The van der Waals surface area contributed by atoms with Gasteiger partial charge >= 0.3 is 0 Å². The molecule has 90 valence electrons. The zero-order valence-electron chi connectivity index (χ0n) is 9.16. The lowest BCUT2D eigenvalue weighted by atomic mass is 10.2. The normalized spacial score (nSPS) is 11.3. The van der Waals surface area contributed by atoms with Crippen molar-refractivity contribution in [1.29, 1.82) is 0 Å². The Labute approximate surface area is 101 Å². The number of fused-ring (bicyclic) bond motifs is 1. The summed E-state index contributed by atoms with van der Waals surface area (Å²) in [7, 11) is 0. The molecule has 0 bridgehead atoms. The number of halogens is 2. The monoisotopic (exact) mass is 246 g/mol. The minimum absolute atomic E-state index is 0.232. The zero-order valence-corrected chi connectivity index (χ0v) is 9.16. The standard InChI is InChI=1S/C12H8F2N4/c13-12(14)11-8-3-1-2-4-9(8)18(17-11)10-5-6-15-7-16-10/h1-7,12H. The number of para-hydroxylation sites is 1. The van der Waals surface area contributed by atoms with E-state index in [4.69, 9.17) is 0 Å². The molecule has 1 aromatic carbocycles. The second-order valence-corrected chi connectivity index (χ2v) is 3.68. The van der Waals surface area contributed by atoms with Gasteiger partial charge in [0.05, 0.1) is 5.52 Å². The van der Waals surface area contributed by atoms with Crippen LogP contribution < -0.4 is 0 Å². The highest BCUT2D eigenvalue weighted by atomic mass is 19.3. The maximum absolute atomic E-state index is 12.9. The summed E-state index contributed by atoms with van der Waals surface area (Å²) < 4.78 is 27.2. The molecule has 0 aliphatic rings. The van der Waals surface area contributed by atoms with E-state index >= 15 is 0 Å². The molecule has 6 heteroatoms. The fourth-order valence-corrected chi connectivity index (χ4v) is 1.84. The van der Waals surface area contributed by atoms with E-state index in [2.05, 4.69) is 15.1 Å². The van der Waals surface area contributed by atoms with Crippen LogP contribution in [0.25, 0.3) is 16.7 Å². The van der Waals surface area contributed by atoms with Crippen molar-refractivity contribution in [3.8, 4) is 5.82 Å². The van der Waals surface area contributed by atoms with Crippen molar-refractivity contribution in [3.05, 3.63) is 48.5 Å². The van der Waals surface area contributed by atoms with Gasteiger partial charge in [0.1, 0.15) is 12.0 Å². The summed E-state index contributed by atoms with van der Waals surface area (Å²) >= 11 is 0. The lowest BCUT2D eigenvalue weighted by Gasteiger charge is -2.00. The molecule has 0 saturated carbocycles. The van der Waals surface area contributed by atoms with Crippen molar-refractivity contribution in [1.82, 2.24) is 19.7 Å². The van der Waals surface area contributed by atoms with Crippen molar-refractivity contribution in [2.24, 2.45) is 0 Å². The second kappa shape index (κ2) is 4.14. The first-order valence-electron chi connectivity index (χ1n) is 5.29. The molecule has 0 radical (unpaired) electrons. The van der Waals surface area contributed by atoms with Crippen LogP contribution in [-0.2, 0) is 0 Å². The second-order valence-electron chi connectivity index (χ2n) is 3.68. The minimum Gasteiger partial charge on any atom is -0.245 e. The Bertz CT molecular complexity index is 679. The third-order valence-electron chi connectivity index (χ3n) is 2.61. The van der Waals surface area contributed by atoms with E-state index in [1.807, 2.05) is 0 Å². The predicted octanol–water partition coefficient (Wildman–Crippen LogP) is 2.75. The van der Waals surface area contributed by atoms with E-state index in [9.17, 15) is 8.78 Å². The van der Waals surface area contributed by atoms with Crippen molar-refractivity contribution >= 4 is 10.9 Å². The number of nitrogens with zero attached hydrogens (tertiary/aromatic N) is 4. The summed E-state index contributed by atoms with van der Waals surface area (Å²) in [5, 5.41) is 4.37. The van der Waals surface area contributed by atoms with Gasteiger partial charge in [0.15, 0.2) is 5.82 Å². The predicted molar refractivity (Wildman–Crippen MR) is 61.6 cm³/mol. The van der Waals surface area contributed by atoms with Gasteiger partial charge in [-0.2, -0.15) is 5.10 Å². The van der Waals surface area contributed by atoms with Crippen LogP contribution in [0.1, 0.15) is 12.1 Å². The number of alkyl halides is 2. The van der Waals surface area contributed by atoms with Crippen LogP contribution in [0.3, 0.4) is 0 Å². The average molecular weight is 246 g/mol. The van der Waals surface area contributed by atoms with Gasteiger partial charge in [-0.25, -0.2) is 23.4 Å². The van der Waals surface area contributed by atoms with Gasteiger partial charge in [0, 0.05) is 17.6 Å². The topological polar surface area (TPSA) is 43.6 Å². The summed E-state index contributed by atoms with van der Waals surface area (Å²) in [6.45, 7) is 0. The van der Waals surface area contributed by atoms with Crippen molar-refractivity contribution in [2.45, 2.75) is 6.43 Å². The van der Waals surface area contributed by atoms with Gasteiger partial charge in [-0.1, -0.05) is 18.2 Å². The average Bonchev–Trinajstić information content (AvgIpc) is 2.79.